The van der Waals surface area contributed by atoms with Crippen LogP contribution in [-0.4, -0.2) is 94.6 Å². The van der Waals surface area contributed by atoms with Gasteiger partial charge in [-0.15, -0.1) is 0 Å². The van der Waals surface area contributed by atoms with E-state index in [4.69, 9.17) is 9.47 Å². The average molecular weight is 496 g/mol. The summed E-state index contributed by atoms with van der Waals surface area (Å²) in [5.74, 6) is 0.619. The number of piperidine rings is 1. The third kappa shape index (κ3) is 5.93. The Hall–Kier alpha value is -1.68. The van der Waals surface area contributed by atoms with Gasteiger partial charge in [0.05, 0.1) is 18.6 Å². The van der Waals surface area contributed by atoms with Crippen molar-refractivity contribution in [2.45, 2.75) is 57.9 Å². The summed E-state index contributed by atoms with van der Waals surface area (Å²) in [6, 6.07) is 4.02. The van der Waals surface area contributed by atoms with Gasteiger partial charge in [-0.25, -0.2) is 8.42 Å². The number of ether oxygens (including phenoxy) is 2. The van der Waals surface area contributed by atoms with Gasteiger partial charge < -0.3 is 19.3 Å². The Balaban J connectivity index is 1.44. The molecule has 0 aliphatic carbocycles. The fraction of sp³-hybridized carbons (Fsp3) is 0.720. The van der Waals surface area contributed by atoms with Crippen LogP contribution in [0.2, 0.25) is 0 Å². The first-order chi connectivity index (χ1) is 16.0. The highest BCUT2D eigenvalue weighted by Crippen LogP contribution is 2.41. The van der Waals surface area contributed by atoms with Gasteiger partial charge in [0.1, 0.15) is 12.4 Å². The maximum absolute atomic E-state index is 13.1. The minimum Gasteiger partial charge on any atom is -0.497 e. The molecule has 1 aromatic rings. The highest BCUT2D eigenvalue weighted by molar-refractivity contribution is 7.89. The van der Waals surface area contributed by atoms with Gasteiger partial charge in [-0.2, -0.15) is 4.31 Å². The van der Waals surface area contributed by atoms with Gasteiger partial charge in [0.15, 0.2) is 0 Å². The molecule has 1 spiro atoms. The molecule has 34 heavy (non-hydrogen) atoms. The molecule has 2 fully saturated rings. The summed E-state index contributed by atoms with van der Waals surface area (Å²) in [5, 5.41) is 0. The zero-order valence-electron chi connectivity index (χ0n) is 21.6. The first-order valence-electron chi connectivity index (χ1n) is 12.2. The standard InChI is InChI=1S/C25H41N3O5S/c1-19(2)28-12-9-25(18-28)7-10-27(11-8-25)23(29)17-33-14-13-26(5)34(30,31)24-20(3)15-22(32-6)16-21(24)4/h15-16,19H,7-14,17-18H2,1-6H3. The minimum absolute atomic E-state index is 0.0130. The number of hydrogen-bond acceptors (Lipinski definition) is 6. The van der Waals surface area contributed by atoms with E-state index in [2.05, 4.69) is 18.7 Å². The van der Waals surface area contributed by atoms with E-state index in [0.29, 0.717) is 28.3 Å². The summed E-state index contributed by atoms with van der Waals surface area (Å²) in [6.45, 7) is 12.2. The van der Waals surface area contributed by atoms with E-state index in [-0.39, 0.29) is 30.6 Å². The van der Waals surface area contributed by atoms with E-state index >= 15 is 0 Å². The van der Waals surface area contributed by atoms with E-state index in [0.717, 1.165) is 39.0 Å². The van der Waals surface area contributed by atoms with Crippen LogP contribution < -0.4 is 4.74 Å². The molecule has 2 heterocycles. The average Bonchev–Trinajstić information content (AvgIpc) is 3.20. The van der Waals surface area contributed by atoms with Crippen molar-refractivity contribution in [2.24, 2.45) is 5.41 Å². The maximum Gasteiger partial charge on any atom is 0.248 e. The van der Waals surface area contributed by atoms with Gasteiger partial charge in [-0.05, 0) is 82.2 Å². The number of sulfonamides is 1. The Bertz CT molecular complexity index is 948. The molecule has 0 N–H and O–H groups in total. The zero-order chi connectivity index (χ0) is 25.1. The second-order valence-corrected chi connectivity index (χ2v) is 12.1. The number of likely N-dealkylation sites (tertiary alicyclic amines) is 2. The summed E-state index contributed by atoms with van der Waals surface area (Å²) >= 11 is 0. The molecule has 2 aliphatic heterocycles. The molecular formula is C25H41N3O5S. The highest BCUT2D eigenvalue weighted by Gasteiger charge is 2.41. The van der Waals surface area contributed by atoms with E-state index in [1.807, 2.05) is 4.90 Å². The topological polar surface area (TPSA) is 79.4 Å². The lowest BCUT2D eigenvalue weighted by molar-refractivity contribution is -0.138. The van der Waals surface area contributed by atoms with Crippen LogP contribution in [0.5, 0.6) is 5.75 Å². The van der Waals surface area contributed by atoms with Gasteiger partial charge in [-0.3, -0.25) is 4.79 Å². The van der Waals surface area contributed by atoms with Crippen molar-refractivity contribution in [3.63, 3.8) is 0 Å². The molecule has 0 radical (unpaired) electrons. The van der Waals surface area contributed by atoms with Crippen LogP contribution in [-0.2, 0) is 19.6 Å². The van der Waals surface area contributed by atoms with Crippen molar-refractivity contribution >= 4 is 15.9 Å². The number of rotatable bonds is 9. The fourth-order valence-corrected chi connectivity index (χ4v) is 6.76. The second kappa shape index (κ2) is 10.9. The Kier molecular flexibility index (Phi) is 8.65. The molecule has 2 saturated heterocycles. The van der Waals surface area contributed by atoms with Gasteiger partial charge in [0.2, 0.25) is 15.9 Å². The van der Waals surface area contributed by atoms with Crippen molar-refractivity contribution < 1.29 is 22.7 Å². The molecule has 1 amide bonds. The molecule has 8 nitrogen and oxygen atoms in total. The minimum atomic E-state index is -3.67. The predicted octanol–water partition coefficient (Wildman–Crippen LogP) is 2.67. The number of benzene rings is 1. The number of methoxy groups -OCH3 is 1. The molecule has 9 heteroatoms. The molecule has 0 saturated carbocycles. The third-order valence-corrected chi connectivity index (χ3v) is 9.65. The number of aryl methyl sites for hydroxylation is 2. The smallest absolute Gasteiger partial charge is 0.248 e. The van der Waals surface area contributed by atoms with Gasteiger partial charge in [0.25, 0.3) is 0 Å². The van der Waals surface area contributed by atoms with Crippen LogP contribution in [0.15, 0.2) is 17.0 Å². The quantitative estimate of drug-likeness (QED) is 0.490. The highest BCUT2D eigenvalue weighted by atomic mass is 32.2. The number of likely N-dealkylation sites (N-methyl/N-ethyl adjacent to an activating group) is 1. The van der Waals surface area contributed by atoms with Gasteiger partial charge in [0, 0.05) is 39.3 Å². The van der Waals surface area contributed by atoms with Crippen LogP contribution >= 0.6 is 0 Å². The summed E-state index contributed by atoms with van der Waals surface area (Å²) in [7, 11) is -0.575. The zero-order valence-corrected chi connectivity index (χ0v) is 22.4. The lowest BCUT2D eigenvalue weighted by Crippen LogP contribution is -2.46. The van der Waals surface area contributed by atoms with Crippen LogP contribution in [0.4, 0.5) is 0 Å². The third-order valence-electron chi connectivity index (χ3n) is 7.49. The lowest BCUT2D eigenvalue weighted by Gasteiger charge is -2.39. The molecule has 192 valence electrons. The summed E-state index contributed by atoms with van der Waals surface area (Å²) in [4.78, 5) is 17.4. The van der Waals surface area contributed by atoms with E-state index in [1.165, 1.54) is 17.8 Å². The number of carbonyl (C=O) groups excluding carboxylic acids is 1. The first-order valence-corrected chi connectivity index (χ1v) is 13.6. The molecule has 3 rings (SSSR count). The monoisotopic (exact) mass is 495 g/mol. The van der Waals surface area contributed by atoms with Crippen LogP contribution in [0, 0.1) is 19.3 Å². The van der Waals surface area contributed by atoms with Crippen molar-refractivity contribution in [2.75, 3.05) is 60.1 Å². The summed E-state index contributed by atoms with van der Waals surface area (Å²) in [6.07, 6.45) is 3.31. The molecule has 2 aliphatic rings. The number of amides is 1. The molecule has 0 aromatic heterocycles. The molecular weight excluding hydrogens is 454 g/mol. The Morgan fingerprint density at radius 1 is 1.12 bits per heavy atom. The predicted molar refractivity (Wildman–Crippen MR) is 133 cm³/mol. The Morgan fingerprint density at radius 3 is 2.24 bits per heavy atom. The van der Waals surface area contributed by atoms with E-state index in [9.17, 15) is 13.2 Å². The number of carbonyl (C=O) groups is 1. The van der Waals surface area contributed by atoms with Gasteiger partial charge >= 0.3 is 0 Å². The number of hydrogen-bond donors (Lipinski definition) is 0. The van der Waals surface area contributed by atoms with Gasteiger partial charge in [-0.1, -0.05) is 0 Å². The van der Waals surface area contributed by atoms with E-state index < -0.39 is 10.0 Å². The van der Waals surface area contributed by atoms with Crippen molar-refractivity contribution in [1.29, 1.82) is 0 Å². The van der Waals surface area contributed by atoms with Crippen molar-refractivity contribution in [3.05, 3.63) is 23.3 Å². The molecule has 0 atom stereocenters. The summed E-state index contributed by atoms with van der Waals surface area (Å²) < 4.78 is 38.3. The Morgan fingerprint density at radius 2 is 1.71 bits per heavy atom. The molecule has 0 unspecified atom stereocenters. The summed E-state index contributed by atoms with van der Waals surface area (Å²) in [5.41, 5.74) is 1.64. The van der Waals surface area contributed by atoms with Crippen LogP contribution in [0.3, 0.4) is 0 Å². The van der Waals surface area contributed by atoms with Crippen molar-refractivity contribution in [3.8, 4) is 5.75 Å². The van der Waals surface area contributed by atoms with E-state index in [1.54, 1.807) is 33.1 Å². The maximum atomic E-state index is 13.1. The number of nitrogens with zero attached hydrogens (tertiary/aromatic N) is 3. The normalized spacial score (nSPS) is 18.9. The SMILES string of the molecule is COc1cc(C)c(S(=O)(=O)N(C)CCOCC(=O)N2CCC3(CC2)CCN(C(C)C)C3)c(C)c1. The largest absolute Gasteiger partial charge is 0.497 e. The molecule has 0 bridgehead atoms. The lowest BCUT2D eigenvalue weighted by atomic mass is 9.78. The van der Waals surface area contributed by atoms with Crippen molar-refractivity contribution in [1.82, 2.24) is 14.1 Å². The molecule has 1 aromatic carbocycles. The Labute approximate surface area is 205 Å². The second-order valence-electron chi connectivity index (χ2n) is 10.2. The van der Waals surface area contributed by atoms with Crippen LogP contribution in [0.25, 0.3) is 0 Å². The first kappa shape index (κ1) is 26.9. The fourth-order valence-electron chi connectivity index (χ4n) is 5.20. The van der Waals surface area contributed by atoms with Crippen LogP contribution in [0.1, 0.15) is 44.2 Å².